The van der Waals surface area contributed by atoms with Gasteiger partial charge in [0.15, 0.2) is 17.9 Å². The summed E-state index contributed by atoms with van der Waals surface area (Å²) in [5.74, 6) is -0.885. The van der Waals surface area contributed by atoms with Gasteiger partial charge in [0.2, 0.25) is 0 Å². The first-order chi connectivity index (χ1) is 14.9. The first-order valence-electron chi connectivity index (χ1n) is 10.1. The summed E-state index contributed by atoms with van der Waals surface area (Å²) in [6.07, 6.45) is 0.267. The van der Waals surface area contributed by atoms with Gasteiger partial charge >= 0.3 is 0 Å². The van der Waals surface area contributed by atoms with E-state index in [2.05, 4.69) is 5.32 Å². The maximum Gasteiger partial charge on any atom is 0.177 e. The van der Waals surface area contributed by atoms with Gasteiger partial charge in [-0.3, -0.25) is 4.79 Å². The molecule has 1 N–H and O–H groups in total. The number of hydrogen-bond acceptors (Lipinski definition) is 5. The van der Waals surface area contributed by atoms with E-state index in [4.69, 9.17) is 13.9 Å². The summed E-state index contributed by atoms with van der Waals surface area (Å²) in [6, 6.07) is 7.03. The number of methoxy groups -OCH3 is 1. The monoisotopic (exact) mass is 435 g/mol. The van der Waals surface area contributed by atoms with Crippen LogP contribution in [-0.4, -0.2) is 33.6 Å². The third-order valence-corrected chi connectivity index (χ3v) is 3.87. The lowest BCUT2D eigenvalue weighted by atomic mass is 10.0. The highest BCUT2D eigenvalue weighted by atomic mass is 19.1. The van der Waals surface area contributed by atoms with Gasteiger partial charge in [0, 0.05) is 18.2 Å². The van der Waals surface area contributed by atoms with Crippen LogP contribution in [0.15, 0.2) is 34.7 Å². The zero-order valence-corrected chi connectivity index (χ0v) is 19.1. The van der Waals surface area contributed by atoms with Crippen molar-refractivity contribution in [1.82, 2.24) is 5.32 Å². The summed E-state index contributed by atoms with van der Waals surface area (Å²) in [7, 11) is 5.24. The number of ether oxygens (including phenoxy) is 2. The van der Waals surface area contributed by atoms with Crippen LogP contribution in [0, 0.1) is 11.6 Å². The van der Waals surface area contributed by atoms with Gasteiger partial charge in [-0.15, -0.1) is 0 Å². The number of benzene rings is 2. The van der Waals surface area contributed by atoms with Crippen molar-refractivity contribution in [2.45, 2.75) is 40.4 Å². The van der Waals surface area contributed by atoms with Crippen molar-refractivity contribution in [3.63, 3.8) is 0 Å². The first-order valence-corrected chi connectivity index (χ1v) is 10.1. The summed E-state index contributed by atoms with van der Waals surface area (Å²) in [6.45, 7) is 7.68. The lowest BCUT2D eigenvalue weighted by Crippen LogP contribution is -2.10. The van der Waals surface area contributed by atoms with E-state index in [0.29, 0.717) is 17.4 Å². The Hall–Kier alpha value is -2.77. The topological polar surface area (TPSA) is 60.7 Å². The van der Waals surface area contributed by atoms with Crippen LogP contribution in [0.5, 0.6) is 5.75 Å². The van der Waals surface area contributed by atoms with Gasteiger partial charge in [-0.2, -0.15) is 0 Å². The Bertz CT molecular complexity index is 966. The van der Waals surface area contributed by atoms with Crippen LogP contribution in [-0.2, 0) is 11.3 Å². The van der Waals surface area contributed by atoms with E-state index < -0.39 is 11.6 Å². The molecule has 0 amide bonds. The van der Waals surface area contributed by atoms with E-state index in [1.807, 2.05) is 27.9 Å². The van der Waals surface area contributed by atoms with E-state index in [-0.39, 0.29) is 40.8 Å². The van der Waals surface area contributed by atoms with E-state index in [0.717, 1.165) is 0 Å². The summed E-state index contributed by atoms with van der Waals surface area (Å²) < 4.78 is 44.8. The Balaban J connectivity index is 0.000000884. The summed E-state index contributed by atoms with van der Waals surface area (Å²) >= 11 is 0. The molecule has 0 saturated heterocycles. The maximum atomic E-state index is 15.2. The molecule has 5 nitrogen and oxygen atoms in total. The molecule has 0 fully saturated rings. The smallest absolute Gasteiger partial charge is 0.177 e. The number of carbonyl (C=O) groups is 1. The van der Waals surface area contributed by atoms with Crippen molar-refractivity contribution in [2.75, 3.05) is 21.2 Å². The summed E-state index contributed by atoms with van der Waals surface area (Å²) in [5.41, 5.74) is 1.21. The Kier molecular flexibility index (Phi) is 10.9. The van der Waals surface area contributed by atoms with Crippen LogP contribution in [0.1, 0.15) is 43.6 Å². The van der Waals surface area contributed by atoms with E-state index >= 15 is 4.39 Å². The normalized spacial score (nSPS) is 10.3. The fraction of sp³-hybridized carbons (Fsp3) is 0.375. The Morgan fingerprint density at radius 2 is 1.71 bits per heavy atom. The van der Waals surface area contributed by atoms with Crippen molar-refractivity contribution in [1.29, 1.82) is 0 Å². The van der Waals surface area contributed by atoms with Crippen molar-refractivity contribution < 1.29 is 27.5 Å². The highest BCUT2D eigenvalue weighted by Gasteiger charge is 2.24. The highest BCUT2D eigenvalue weighted by molar-refractivity contribution is 6.03. The standard InChI is InChI=1S/C20H18F2O4.C2H7N.C2H6/c1-11(2)25-20-13(10-24-3)8-16-17(18(20)22)15(9-23)19(26-16)12-4-6-14(21)7-5-12;1-3-2;1-2/h4-9,11H,10H2,1-3H3;3H,1-2H3;1-2H3. The Labute approximate surface area is 182 Å². The summed E-state index contributed by atoms with van der Waals surface area (Å²) in [5, 5.41) is 2.79. The largest absolute Gasteiger partial charge is 0.488 e. The SMILES string of the molecule is CC.CNC.COCc1cc2oc(-c3ccc(F)cc3)c(C=O)c2c(F)c1OC(C)C. The van der Waals surface area contributed by atoms with Crippen molar-refractivity contribution in [2.24, 2.45) is 0 Å². The fourth-order valence-corrected chi connectivity index (χ4v) is 2.82. The lowest BCUT2D eigenvalue weighted by molar-refractivity contribution is 0.112. The van der Waals surface area contributed by atoms with Gasteiger partial charge in [0.1, 0.15) is 17.2 Å². The molecule has 1 aromatic heterocycles. The molecule has 0 aliphatic rings. The number of hydrogen-bond donors (Lipinski definition) is 1. The quantitative estimate of drug-likeness (QED) is 0.482. The molecule has 0 saturated carbocycles. The van der Waals surface area contributed by atoms with Crippen LogP contribution >= 0.6 is 0 Å². The number of carbonyl (C=O) groups excluding carboxylic acids is 1. The molecule has 0 aliphatic heterocycles. The second-order valence-corrected chi connectivity index (χ2v) is 6.62. The lowest BCUT2D eigenvalue weighted by Gasteiger charge is -2.15. The molecule has 0 aliphatic carbocycles. The van der Waals surface area contributed by atoms with Gasteiger partial charge < -0.3 is 19.2 Å². The molecule has 0 bridgehead atoms. The Morgan fingerprint density at radius 3 is 2.19 bits per heavy atom. The second-order valence-electron chi connectivity index (χ2n) is 6.62. The molecule has 0 unspecified atom stereocenters. The summed E-state index contributed by atoms with van der Waals surface area (Å²) in [4.78, 5) is 11.7. The number of rotatable bonds is 6. The minimum absolute atomic E-state index is 0.0314. The maximum absolute atomic E-state index is 15.2. The van der Waals surface area contributed by atoms with Gasteiger partial charge in [-0.25, -0.2) is 8.78 Å². The van der Waals surface area contributed by atoms with Gasteiger partial charge in [0.05, 0.1) is 23.7 Å². The van der Waals surface area contributed by atoms with Crippen LogP contribution in [0.2, 0.25) is 0 Å². The van der Waals surface area contributed by atoms with Gasteiger partial charge in [-0.05, 0) is 58.3 Å². The van der Waals surface area contributed by atoms with Crippen LogP contribution in [0.25, 0.3) is 22.3 Å². The molecular weight excluding hydrogens is 404 g/mol. The van der Waals surface area contributed by atoms with Crippen molar-refractivity contribution >= 4 is 17.3 Å². The van der Waals surface area contributed by atoms with Crippen LogP contribution in [0.4, 0.5) is 8.78 Å². The molecule has 0 atom stereocenters. The molecule has 0 spiro atoms. The van der Waals surface area contributed by atoms with E-state index in [1.165, 1.54) is 31.4 Å². The fourth-order valence-electron chi connectivity index (χ4n) is 2.82. The van der Waals surface area contributed by atoms with Crippen molar-refractivity contribution in [3.8, 4) is 17.1 Å². The second kappa shape index (κ2) is 12.8. The molecular formula is C24H31F2NO4. The average molecular weight is 436 g/mol. The van der Waals surface area contributed by atoms with Crippen LogP contribution in [0.3, 0.4) is 0 Å². The molecule has 0 radical (unpaired) electrons. The molecule has 1 heterocycles. The van der Waals surface area contributed by atoms with E-state index in [1.54, 1.807) is 19.9 Å². The average Bonchev–Trinajstić information content (AvgIpc) is 3.12. The highest BCUT2D eigenvalue weighted by Crippen LogP contribution is 2.39. The molecule has 3 aromatic rings. The zero-order chi connectivity index (χ0) is 23.6. The number of nitrogens with one attached hydrogen (secondary N) is 1. The third kappa shape index (κ3) is 6.35. The van der Waals surface area contributed by atoms with Crippen LogP contribution < -0.4 is 10.1 Å². The van der Waals surface area contributed by atoms with Gasteiger partial charge in [0.25, 0.3) is 0 Å². The first kappa shape index (κ1) is 26.3. The zero-order valence-electron chi connectivity index (χ0n) is 19.1. The molecule has 170 valence electrons. The molecule has 7 heteroatoms. The Morgan fingerprint density at radius 1 is 1.13 bits per heavy atom. The molecule has 2 aromatic carbocycles. The minimum atomic E-state index is -0.678. The minimum Gasteiger partial charge on any atom is -0.488 e. The van der Waals surface area contributed by atoms with Gasteiger partial charge in [-0.1, -0.05) is 13.8 Å². The predicted molar refractivity (Wildman–Crippen MR) is 120 cm³/mol. The predicted octanol–water partition coefficient (Wildman–Crippen LogP) is 5.99. The number of halogens is 2. The molecule has 31 heavy (non-hydrogen) atoms. The number of fused-ring (bicyclic) bond motifs is 1. The van der Waals surface area contributed by atoms with E-state index in [9.17, 15) is 9.18 Å². The third-order valence-electron chi connectivity index (χ3n) is 3.87. The number of furan rings is 1. The number of aldehydes is 1. The van der Waals surface area contributed by atoms with Crippen molar-refractivity contribution in [3.05, 3.63) is 53.1 Å². The molecule has 3 rings (SSSR count).